The molecule has 210 valence electrons. The van der Waals surface area contributed by atoms with Crippen LogP contribution in [0.4, 0.5) is 0 Å². The van der Waals surface area contributed by atoms with Gasteiger partial charge in [0.15, 0.2) is 0 Å². The van der Waals surface area contributed by atoms with Gasteiger partial charge in [-0.05, 0) is 91.7 Å². The summed E-state index contributed by atoms with van der Waals surface area (Å²) in [4.78, 5) is 3.91. The van der Waals surface area contributed by atoms with Crippen molar-refractivity contribution in [3.05, 3.63) is 195 Å². The highest BCUT2D eigenvalue weighted by Gasteiger charge is 2.59. The van der Waals surface area contributed by atoms with Crippen molar-refractivity contribution < 1.29 is 0 Å². The number of benzene rings is 6. The van der Waals surface area contributed by atoms with Gasteiger partial charge in [-0.1, -0.05) is 133 Å². The first kappa shape index (κ1) is 24.0. The second kappa shape index (κ2) is 8.20. The molecule has 11 rings (SSSR count). The number of allylic oxidation sites excluding steroid dienone is 1. The number of hydrogen-bond donors (Lipinski definition) is 1. The highest BCUT2D eigenvalue weighted by molar-refractivity contribution is 5.99. The second-order valence-corrected chi connectivity index (χ2v) is 13.1. The van der Waals surface area contributed by atoms with Crippen LogP contribution in [0.2, 0.25) is 0 Å². The maximum Gasteiger partial charge on any atom is 0.0720 e. The van der Waals surface area contributed by atoms with Crippen LogP contribution in [0.1, 0.15) is 62.2 Å². The monoisotopic (exact) mass is 571 g/mol. The van der Waals surface area contributed by atoms with Gasteiger partial charge in [0.2, 0.25) is 0 Å². The summed E-state index contributed by atoms with van der Waals surface area (Å²) in [6.45, 7) is 0. The summed E-state index contributed by atoms with van der Waals surface area (Å²) < 4.78 is 0. The Morgan fingerprint density at radius 2 is 0.867 bits per heavy atom. The van der Waals surface area contributed by atoms with E-state index < -0.39 is 10.8 Å². The van der Waals surface area contributed by atoms with Crippen LogP contribution < -0.4 is 0 Å². The van der Waals surface area contributed by atoms with Crippen molar-refractivity contribution in [1.29, 1.82) is 0 Å². The van der Waals surface area contributed by atoms with Crippen LogP contribution in [-0.2, 0) is 17.3 Å². The highest BCUT2D eigenvalue weighted by Crippen LogP contribution is 2.67. The minimum atomic E-state index is -0.438. The quantitative estimate of drug-likeness (QED) is 0.186. The molecule has 1 heteroatoms. The van der Waals surface area contributed by atoms with Gasteiger partial charge in [0.05, 0.1) is 10.8 Å². The topological polar surface area (TPSA) is 15.8 Å². The summed E-state index contributed by atoms with van der Waals surface area (Å²) in [5.41, 5.74) is 19.5. The number of nitrogens with one attached hydrogen (secondary N) is 1. The van der Waals surface area contributed by atoms with E-state index in [-0.39, 0.29) is 0 Å². The zero-order valence-electron chi connectivity index (χ0n) is 24.8. The predicted octanol–water partition coefficient (Wildman–Crippen LogP) is 10.2. The van der Waals surface area contributed by atoms with E-state index in [1.54, 1.807) is 0 Å². The first-order valence-corrected chi connectivity index (χ1v) is 16.2. The number of aromatic nitrogens is 1. The molecule has 4 aliphatic rings. The molecule has 45 heavy (non-hydrogen) atoms. The molecule has 0 fully saturated rings. The van der Waals surface area contributed by atoms with Gasteiger partial charge in [0.1, 0.15) is 0 Å². The van der Waals surface area contributed by atoms with Gasteiger partial charge in [-0.3, -0.25) is 0 Å². The van der Waals surface area contributed by atoms with E-state index in [1.165, 1.54) is 88.9 Å². The molecule has 1 heterocycles. The van der Waals surface area contributed by atoms with Crippen LogP contribution in [0.25, 0.3) is 39.2 Å². The Hall–Kier alpha value is -5.40. The fourth-order valence-corrected chi connectivity index (χ4v) is 9.81. The first-order valence-electron chi connectivity index (χ1n) is 16.2. The van der Waals surface area contributed by atoms with Gasteiger partial charge in [-0.25, -0.2) is 0 Å². The number of rotatable bonds is 0. The lowest BCUT2D eigenvalue weighted by molar-refractivity contribution is 0.634. The van der Waals surface area contributed by atoms with Crippen LogP contribution >= 0.6 is 0 Å². The third-order valence-corrected chi connectivity index (χ3v) is 11.4. The molecule has 4 aliphatic carbocycles. The van der Waals surface area contributed by atoms with Gasteiger partial charge in [0.25, 0.3) is 0 Å². The van der Waals surface area contributed by atoms with E-state index in [4.69, 9.17) is 0 Å². The smallest absolute Gasteiger partial charge is 0.0720 e. The number of aryl methyl sites for hydroxylation is 1. The van der Waals surface area contributed by atoms with E-state index in [0.29, 0.717) is 0 Å². The van der Waals surface area contributed by atoms with E-state index >= 15 is 0 Å². The summed E-state index contributed by atoms with van der Waals surface area (Å²) >= 11 is 0. The molecule has 6 aromatic carbocycles. The van der Waals surface area contributed by atoms with Gasteiger partial charge in [-0.15, -0.1) is 0 Å². The van der Waals surface area contributed by atoms with E-state index in [0.717, 1.165) is 12.8 Å². The average Bonchev–Trinajstić information content (AvgIpc) is 3.72. The predicted molar refractivity (Wildman–Crippen MR) is 184 cm³/mol. The van der Waals surface area contributed by atoms with Crippen LogP contribution in [0.3, 0.4) is 0 Å². The SMILES string of the molecule is C1=Cc2c([nH]c3cc4c(cc23)C2(c3ccccc3-c3ccccc32)c2ccccc2C42c3ccccc3-c3ccccc32)CC1. The number of H-pyrrole nitrogens is 1. The molecule has 0 saturated carbocycles. The maximum atomic E-state index is 3.91. The molecule has 1 N–H and O–H groups in total. The third-order valence-electron chi connectivity index (χ3n) is 11.4. The zero-order chi connectivity index (χ0) is 29.3. The lowest BCUT2D eigenvalue weighted by Crippen LogP contribution is -2.43. The minimum absolute atomic E-state index is 0.437. The molecule has 1 nitrogen and oxygen atoms in total. The maximum absolute atomic E-state index is 3.91. The van der Waals surface area contributed by atoms with Crippen molar-refractivity contribution >= 4 is 17.0 Å². The second-order valence-electron chi connectivity index (χ2n) is 13.1. The Labute approximate surface area is 262 Å². The van der Waals surface area contributed by atoms with Crippen LogP contribution in [0, 0.1) is 0 Å². The lowest BCUT2D eigenvalue weighted by Gasteiger charge is -2.49. The summed E-state index contributed by atoms with van der Waals surface area (Å²) in [7, 11) is 0. The molecule has 0 bridgehead atoms. The Morgan fingerprint density at radius 1 is 0.444 bits per heavy atom. The zero-order valence-corrected chi connectivity index (χ0v) is 24.8. The van der Waals surface area contributed by atoms with Gasteiger partial charge < -0.3 is 4.98 Å². The number of hydrogen-bond acceptors (Lipinski definition) is 0. The Morgan fingerprint density at radius 3 is 1.36 bits per heavy atom. The van der Waals surface area contributed by atoms with Gasteiger partial charge in [0, 0.05) is 22.2 Å². The molecule has 0 saturated heterocycles. The van der Waals surface area contributed by atoms with E-state index in [1.807, 2.05) is 0 Å². The molecule has 0 radical (unpaired) electrons. The molecule has 0 aliphatic heterocycles. The van der Waals surface area contributed by atoms with Crippen molar-refractivity contribution in [1.82, 2.24) is 4.98 Å². The van der Waals surface area contributed by atoms with Gasteiger partial charge >= 0.3 is 0 Å². The summed E-state index contributed by atoms with van der Waals surface area (Å²) in [5, 5.41) is 1.33. The van der Waals surface area contributed by atoms with E-state index in [9.17, 15) is 0 Å². The summed E-state index contributed by atoms with van der Waals surface area (Å²) in [6, 6.07) is 51.1. The number of fused-ring (bicyclic) bond motifs is 19. The molecule has 0 unspecified atom stereocenters. The average molecular weight is 572 g/mol. The standard InChI is InChI=1S/C44H29N/c1-6-18-33-27(13-1)28-14-2-7-19-34(28)43(33)37-22-10-11-23-38(37)44(35-20-8-3-15-29(35)30-16-4-9-21-36(30)44)40-26-42-32(25-39(40)43)31-17-5-12-24-41(31)45-42/h1-11,13-23,25-26,45H,12,24H2. The highest BCUT2D eigenvalue weighted by atomic mass is 14.7. The van der Waals surface area contributed by atoms with Crippen LogP contribution in [-0.4, -0.2) is 4.98 Å². The molecular weight excluding hydrogens is 542 g/mol. The van der Waals surface area contributed by atoms with Crippen molar-refractivity contribution in [2.45, 2.75) is 23.7 Å². The summed E-state index contributed by atoms with van der Waals surface area (Å²) in [5.74, 6) is 0. The van der Waals surface area contributed by atoms with Crippen LogP contribution in [0.15, 0.2) is 140 Å². The Bertz CT molecular complexity index is 2360. The molecular formula is C44H29N. The molecule has 0 atom stereocenters. The normalized spacial score (nSPS) is 16.5. The minimum Gasteiger partial charge on any atom is -0.358 e. The Kier molecular flexibility index (Phi) is 4.37. The van der Waals surface area contributed by atoms with Crippen LogP contribution in [0.5, 0.6) is 0 Å². The third kappa shape index (κ3) is 2.62. The number of aromatic amines is 1. The van der Waals surface area contributed by atoms with Crippen molar-refractivity contribution in [3.63, 3.8) is 0 Å². The molecule has 1 aromatic heterocycles. The molecule has 7 aromatic rings. The van der Waals surface area contributed by atoms with Crippen molar-refractivity contribution in [2.24, 2.45) is 0 Å². The van der Waals surface area contributed by atoms with Gasteiger partial charge in [-0.2, -0.15) is 0 Å². The van der Waals surface area contributed by atoms with E-state index in [2.05, 4.69) is 151 Å². The van der Waals surface area contributed by atoms with Crippen molar-refractivity contribution in [2.75, 3.05) is 0 Å². The Balaban J connectivity index is 1.41. The fourth-order valence-electron chi connectivity index (χ4n) is 9.81. The fraction of sp³-hybridized carbons (Fsp3) is 0.0909. The molecule has 2 spiro atoms. The van der Waals surface area contributed by atoms with Crippen molar-refractivity contribution in [3.8, 4) is 22.3 Å². The summed E-state index contributed by atoms with van der Waals surface area (Å²) in [6.07, 6.45) is 6.82. The first-order chi connectivity index (χ1) is 22.3. The lowest BCUT2D eigenvalue weighted by atomic mass is 9.52. The largest absolute Gasteiger partial charge is 0.358 e. The molecule has 0 amide bonds.